The number of amides is 1. The summed E-state index contributed by atoms with van der Waals surface area (Å²) in [6.07, 6.45) is -9.49. The zero-order chi connectivity index (χ0) is 20.6. The van der Waals surface area contributed by atoms with E-state index in [9.17, 15) is 35.9 Å². The van der Waals surface area contributed by atoms with E-state index in [-0.39, 0.29) is 12.4 Å². The summed E-state index contributed by atoms with van der Waals surface area (Å²) < 4.78 is 78.0. The number of carbonyl (C=O) groups excluding carboxylic acids is 1. The number of hydrogen-bond acceptors (Lipinski definition) is 3. The number of benzene rings is 1. The number of alkyl halides is 6. The fourth-order valence-electron chi connectivity index (χ4n) is 2.97. The van der Waals surface area contributed by atoms with Crippen LogP contribution in [0.25, 0.3) is 0 Å². The van der Waals surface area contributed by atoms with Crippen molar-refractivity contribution in [1.82, 2.24) is 4.90 Å². The molecule has 0 aliphatic carbocycles. The number of nitrogens with zero attached hydrogens (tertiary/aromatic N) is 1. The number of nitrogens with one attached hydrogen (secondary N) is 1. The molecule has 2 N–H and O–H groups in total. The quantitative estimate of drug-likeness (QED) is 0.710. The smallest absolute Gasteiger partial charge is 0.418 e. The Bertz CT molecular complexity index is 725. The van der Waals surface area contributed by atoms with Gasteiger partial charge in [0.2, 0.25) is 5.91 Å². The fraction of sp³-hybridized carbons (Fsp3) is 0.500. The third-order valence-corrected chi connectivity index (χ3v) is 4.50. The Labute approximate surface area is 162 Å². The summed E-state index contributed by atoms with van der Waals surface area (Å²) in [4.78, 5) is 24.4. The molecule has 1 aliphatic heterocycles. The van der Waals surface area contributed by atoms with Gasteiger partial charge in [-0.1, -0.05) is 12.1 Å². The molecule has 0 spiro atoms. The minimum Gasteiger partial charge on any atom is -0.481 e. The summed E-state index contributed by atoms with van der Waals surface area (Å²) in [7, 11) is 0. The monoisotopic (exact) mass is 434 g/mol. The fourth-order valence-corrected chi connectivity index (χ4v) is 2.97. The van der Waals surface area contributed by atoms with Crippen LogP contribution in [-0.4, -0.2) is 47.2 Å². The molecule has 1 aliphatic rings. The molecule has 0 radical (unpaired) electrons. The Morgan fingerprint density at radius 2 is 1.71 bits per heavy atom. The number of anilines is 1. The van der Waals surface area contributed by atoms with Gasteiger partial charge in [0.15, 0.2) is 0 Å². The van der Waals surface area contributed by atoms with Gasteiger partial charge in [0.05, 0.1) is 29.1 Å². The Morgan fingerprint density at radius 3 is 2.18 bits per heavy atom. The highest BCUT2D eigenvalue weighted by atomic mass is 35.5. The van der Waals surface area contributed by atoms with Gasteiger partial charge in [0.1, 0.15) is 0 Å². The van der Waals surface area contributed by atoms with Crippen LogP contribution in [0, 0.1) is 11.8 Å². The molecule has 0 bridgehead atoms. The molecule has 0 aromatic heterocycles. The van der Waals surface area contributed by atoms with Crippen LogP contribution in [0.15, 0.2) is 24.3 Å². The van der Waals surface area contributed by atoms with Gasteiger partial charge in [-0.2, -0.15) is 26.3 Å². The van der Waals surface area contributed by atoms with Crippen LogP contribution in [0.2, 0.25) is 0 Å². The molecular formula is C16H17ClF6N2O3. The van der Waals surface area contributed by atoms with Gasteiger partial charge in [-0.15, -0.1) is 12.4 Å². The number of carboxylic acids is 1. The average molecular weight is 435 g/mol. The minimum absolute atomic E-state index is 0. The number of para-hydroxylation sites is 1. The van der Waals surface area contributed by atoms with Gasteiger partial charge in [0, 0.05) is 13.1 Å². The third-order valence-electron chi connectivity index (χ3n) is 4.50. The van der Waals surface area contributed by atoms with Crippen molar-refractivity contribution in [3.8, 4) is 0 Å². The van der Waals surface area contributed by atoms with Crippen LogP contribution in [-0.2, 0) is 15.8 Å². The Hall–Kier alpha value is -2.01. The number of aliphatic carboxylic acids is 1. The topological polar surface area (TPSA) is 69.6 Å². The first-order chi connectivity index (χ1) is 12.3. The molecule has 1 unspecified atom stereocenters. The summed E-state index contributed by atoms with van der Waals surface area (Å²) >= 11 is 0. The number of rotatable bonds is 4. The van der Waals surface area contributed by atoms with Crippen LogP contribution in [0.5, 0.6) is 0 Å². The zero-order valence-corrected chi connectivity index (χ0v) is 15.2. The van der Waals surface area contributed by atoms with E-state index in [0.29, 0.717) is 0 Å². The maximum atomic E-state index is 13.0. The average Bonchev–Trinajstić information content (AvgIpc) is 2.99. The van der Waals surface area contributed by atoms with Gasteiger partial charge in [-0.05, 0) is 19.1 Å². The molecule has 1 aromatic carbocycles. The Balaban J connectivity index is 0.00000392. The summed E-state index contributed by atoms with van der Waals surface area (Å²) in [6.45, 7) is -0.0474. The van der Waals surface area contributed by atoms with Crippen LogP contribution in [0.4, 0.5) is 32.0 Å². The highest BCUT2D eigenvalue weighted by Crippen LogP contribution is 2.39. The second-order valence-electron chi connectivity index (χ2n) is 6.26. The van der Waals surface area contributed by atoms with E-state index in [1.54, 1.807) is 0 Å². The Morgan fingerprint density at radius 1 is 1.14 bits per heavy atom. The highest BCUT2D eigenvalue weighted by Gasteiger charge is 2.53. The summed E-state index contributed by atoms with van der Waals surface area (Å²) in [5.41, 5.74) is -1.62. The predicted molar refractivity (Wildman–Crippen MR) is 89.0 cm³/mol. The molecule has 12 heteroatoms. The lowest BCUT2D eigenvalue weighted by atomic mass is 9.96. The number of carbonyl (C=O) groups is 2. The van der Waals surface area contributed by atoms with E-state index in [1.165, 1.54) is 13.0 Å². The second-order valence-corrected chi connectivity index (χ2v) is 6.26. The molecule has 1 heterocycles. The van der Waals surface area contributed by atoms with Gasteiger partial charge in [0.25, 0.3) is 0 Å². The van der Waals surface area contributed by atoms with Crippen molar-refractivity contribution in [3.05, 3.63) is 29.8 Å². The van der Waals surface area contributed by atoms with Gasteiger partial charge in [-0.3, -0.25) is 14.5 Å². The van der Waals surface area contributed by atoms with Crippen molar-refractivity contribution in [1.29, 1.82) is 0 Å². The minimum atomic E-state index is -4.77. The molecule has 1 saturated heterocycles. The van der Waals surface area contributed by atoms with E-state index in [2.05, 4.69) is 5.32 Å². The highest BCUT2D eigenvalue weighted by molar-refractivity contribution is 5.95. The van der Waals surface area contributed by atoms with E-state index in [4.69, 9.17) is 5.11 Å². The lowest BCUT2D eigenvalue weighted by Gasteiger charge is -2.24. The maximum absolute atomic E-state index is 13.0. The van der Waals surface area contributed by atoms with Crippen LogP contribution in [0.3, 0.4) is 0 Å². The molecule has 3 atom stereocenters. The Kier molecular flexibility index (Phi) is 7.35. The van der Waals surface area contributed by atoms with E-state index in [1.807, 2.05) is 0 Å². The van der Waals surface area contributed by atoms with Crippen molar-refractivity contribution < 1.29 is 41.0 Å². The molecule has 5 nitrogen and oxygen atoms in total. The van der Waals surface area contributed by atoms with Crippen molar-refractivity contribution >= 4 is 30.0 Å². The normalized spacial score (nSPS) is 21.7. The van der Waals surface area contributed by atoms with Gasteiger partial charge >= 0.3 is 18.3 Å². The molecule has 1 fully saturated rings. The summed E-state index contributed by atoms with van der Waals surface area (Å²) in [5, 5.41) is 11.1. The molecule has 28 heavy (non-hydrogen) atoms. The van der Waals surface area contributed by atoms with Gasteiger partial charge in [-0.25, -0.2) is 0 Å². The third kappa shape index (κ3) is 5.28. The lowest BCUT2D eigenvalue weighted by Crippen LogP contribution is -2.41. The van der Waals surface area contributed by atoms with Crippen molar-refractivity contribution in [2.75, 3.05) is 18.4 Å². The zero-order valence-electron chi connectivity index (χ0n) is 14.3. The number of carboxylic acid groups (broad SMARTS) is 1. The summed E-state index contributed by atoms with van der Waals surface area (Å²) in [6, 6.07) is 2.94. The van der Waals surface area contributed by atoms with Crippen molar-refractivity contribution in [2.24, 2.45) is 11.8 Å². The molecule has 1 amide bonds. The van der Waals surface area contributed by atoms with Crippen LogP contribution < -0.4 is 5.32 Å². The van der Waals surface area contributed by atoms with E-state index < -0.39 is 66.4 Å². The predicted octanol–water partition coefficient (Wildman–Crippen LogP) is 3.65. The van der Waals surface area contributed by atoms with Crippen LogP contribution >= 0.6 is 12.4 Å². The number of hydrogen-bond donors (Lipinski definition) is 2. The first kappa shape index (κ1) is 24.0. The SMILES string of the molecule is CC(C(=O)Nc1ccccc1C(F)(F)F)N1C[C@@H](C(F)(F)F)[C@H](C(=O)O)C1.Cl. The first-order valence-electron chi connectivity index (χ1n) is 7.83. The maximum Gasteiger partial charge on any atom is 0.418 e. The standard InChI is InChI=1S/C16H16F6N2O3.ClH/c1-8(24-6-9(14(26)27)11(7-24)16(20,21)22)13(25)23-12-5-3-2-4-10(12)15(17,18)19;/h2-5,8-9,11H,6-7H2,1H3,(H,23,25)(H,26,27);1H/t8?,9-,11-;/m1./s1. The molecule has 2 rings (SSSR count). The largest absolute Gasteiger partial charge is 0.481 e. The number of halogens is 7. The van der Waals surface area contributed by atoms with Gasteiger partial charge < -0.3 is 10.4 Å². The molecular weight excluding hydrogens is 418 g/mol. The van der Waals surface area contributed by atoms with E-state index in [0.717, 1.165) is 23.1 Å². The number of likely N-dealkylation sites (tertiary alicyclic amines) is 1. The molecule has 158 valence electrons. The van der Waals surface area contributed by atoms with Crippen LogP contribution in [0.1, 0.15) is 12.5 Å². The molecule has 1 aromatic rings. The first-order valence-corrected chi connectivity index (χ1v) is 7.83. The summed E-state index contributed by atoms with van der Waals surface area (Å²) in [5.74, 6) is -6.51. The van der Waals surface area contributed by atoms with Crippen molar-refractivity contribution in [3.63, 3.8) is 0 Å². The van der Waals surface area contributed by atoms with Crippen molar-refractivity contribution in [2.45, 2.75) is 25.3 Å². The molecule has 0 saturated carbocycles. The van der Waals surface area contributed by atoms with E-state index >= 15 is 0 Å². The second kappa shape index (κ2) is 8.56. The lowest BCUT2D eigenvalue weighted by molar-refractivity contribution is -0.188.